The number of cyclic esters (lactones) is 1. The second-order valence-corrected chi connectivity index (χ2v) is 11.7. The predicted molar refractivity (Wildman–Crippen MR) is 149 cm³/mol. The summed E-state index contributed by atoms with van der Waals surface area (Å²) in [6.45, 7) is 9.08. The van der Waals surface area contributed by atoms with Gasteiger partial charge in [-0.05, 0) is 69.7 Å². The number of hydrogen-bond donors (Lipinski definition) is 2. The van der Waals surface area contributed by atoms with Crippen LogP contribution in [0.3, 0.4) is 0 Å². The van der Waals surface area contributed by atoms with Crippen LogP contribution in [0.25, 0.3) is 22.3 Å². The summed E-state index contributed by atoms with van der Waals surface area (Å²) in [4.78, 5) is 44.3. The summed E-state index contributed by atoms with van der Waals surface area (Å²) < 4.78 is 27.6. The Bertz CT molecular complexity index is 1700. The second kappa shape index (κ2) is 9.73. The first-order valence-electron chi connectivity index (χ1n) is 14.2. The lowest BCUT2D eigenvalue weighted by Crippen LogP contribution is -2.44. The molecule has 0 unspecified atom stereocenters. The van der Waals surface area contributed by atoms with Crippen LogP contribution >= 0.6 is 0 Å². The molecule has 2 aromatic heterocycles. The minimum absolute atomic E-state index is 0.00554. The highest BCUT2D eigenvalue weighted by Gasteiger charge is 2.46. The predicted octanol–water partition coefficient (Wildman–Crippen LogP) is 3.83. The highest BCUT2D eigenvalue weighted by molar-refractivity contribution is 5.94. The van der Waals surface area contributed by atoms with E-state index in [9.17, 15) is 19.5 Å². The van der Waals surface area contributed by atoms with Crippen LogP contribution in [0.5, 0.6) is 0 Å². The van der Waals surface area contributed by atoms with Gasteiger partial charge >= 0.3 is 5.97 Å². The molecule has 3 aliphatic rings. The maximum absolute atomic E-state index is 15.1. The number of fused-ring (bicyclic) bond motifs is 5. The lowest BCUT2D eigenvalue weighted by molar-refractivity contribution is -0.172. The number of amides is 1. The van der Waals surface area contributed by atoms with Crippen molar-refractivity contribution in [3.63, 3.8) is 0 Å². The summed E-state index contributed by atoms with van der Waals surface area (Å²) in [5, 5.41) is 15.2. The summed E-state index contributed by atoms with van der Waals surface area (Å²) in [5.41, 5.74) is 2.51. The number of rotatable bonds is 6. The molecule has 9 nitrogen and oxygen atoms in total. The zero-order valence-corrected chi connectivity index (χ0v) is 23.9. The molecule has 1 aliphatic carbocycles. The van der Waals surface area contributed by atoms with Crippen LogP contribution in [-0.4, -0.2) is 38.7 Å². The first-order valence-corrected chi connectivity index (χ1v) is 14.2. The third kappa shape index (κ3) is 4.18. The number of halogens is 1. The molecular formula is C31H34FN3O6. The molecular weight excluding hydrogens is 529 g/mol. The lowest BCUT2D eigenvalue weighted by atomic mass is 9.81. The molecule has 0 spiro atoms. The third-order valence-electron chi connectivity index (χ3n) is 8.69. The molecule has 3 atom stereocenters. The number of hydrogen-bond acceptors (Lipinski definition) is 7. The number of aliphatic hydroxyl groups is 1. The van der Waals surface area contributed by atoms with E-state index in [0.717, 1.165) is 22.1 Å². The maximum Gasteiger partial charge on any atom is 0.343 e. The highest BCUT2D eigenvalue weighted by atomic mass is 19.1. The van der Waals surface area contributed by atoms with Gasteiger partial charge in [-0.3, -0.25) is 9.59 Å². The Morgan fingerprint density at radius 2 is 2.02 bits per heavy atom. The van der Waals surface area contributed by atoms with Crippen molar-refractivity contribution in [2.45, 2.75) is 97.3 Å². The topological polar surface area (TPSA) is 120 Å². The quantitative estimate of drug-likeness (QED) is 0.342. The van der Waals surface area contributed by atoms with Crippen molar-refractivity contribution in [2.24, 2.45) is 0 Å². The number of esters is 1. The van der Waals surface area contributed by atoms with Crippen LogP contribution in [0, 0.1) is 12.7 Å². The zero-order valence-electron chi connectivity index (χ0n) is 23.9. The Balaban J connectivity index is 1.52. The molecule has 41 heavy (non-hydrogen) atoms. The number of aryl methyl sites for hydroxylation is 1. The fraction of sp³-hybridized carbons (Fsp3) is 0.484. The second-order valence-electron chi connectivity index (χ2n) is 11.7. The van der Waals surface area contributed by atoms with E-state index in [1.807, 2.05) is 20.8 Å². The summed E-state index contributed by atoms with van der Waals surface area (Å²) in [5.74, 6) is -1.31. The number of ether oxygens (including phenoxy) is 2. The minimum atomic E-state index is -1.95. The van der Waals surface area contributed by atoms with Crippen molar-refractivity contribution in [1.29, 1.82) is 0 Å². The van der Waals surface area contributed by atoms with E-state index in [1.54, 1.807) is 24.5 Å². The third-order valence-corrected chi connectivity index (χ3v) is 8.69. The molecule has 1 amide bonds. The van der Waals surface area contributed by atoms with Crippen LogP contribution in [0.2, 0.25) is 0 Å². The lowest BCUT2D eigenvalue weighted by Gasteiger charge is -2.31. The molecule has 0 saturated heterocycles. The van der Waals surface area contributed by atoms with Crippen LogP contribution in [-0.2, 0) is 44.2 Å². The van der Waals surface area contributed by atoms with E-state index in [1.165, 1.54) is 6.07 Å². The number of nitrogens with zero attached hydrogens (tertiary/aromatic N) is 2. The monoisotopic (exact) mass is 563 g/mol. The minimum Gasteiger partial charge on any atom is -0.458 e. The molecule has 1 aromatic carbocycles. The fourth-order valence-corrected chi connectivity index (χ4v) is 6.73. The Labute approximate surface area is 236 Å². The van der Waals surface area contributed by atoms with Gasteiger partial charge in [0.15, 0.2) is 5.60 Å². The molecule has 216 valence electrons. The van der Waals surface area contributed by atoms with Gasteiger partial charge in [0.2, 0.25) is 5.91 Å². The number of nitrogens with one attached hydrogen (secondary N) is 1. The summed E-state index contributed by atoms with van der Waals surface area (Å²) in [6.07, 6.45) is 1.09. The Kier molecular flexibility index (Phi) is 6.54. The average Bonchev–Trinajstić information content (AvgIpc) is 3.28. The smallest absolute Gasteiger partial charge is 0.343 e. The normalized spacial score (nSPS) is 21.4. The Hall–Kier alpha value is -3.63. The number of pyridine rings is 2. The van der Waals surface area contributed by atoms with Crippen molar-refractivity contribution < 1.29 is 28.6 Å². The molecule has 3 aromatic rings. The molecule has 6 rings (SSSR count). The summed E-state index contributed by atoms with van der Waals surface area (Å²) >= 11 is 0. The molecule has 0 saturated carbocycles. The molecule has 4 heterocycles. The van der Waals surface area contributed by atoms with E-state index >= 15 is 4.39 Å². The molecule has 0 bridgehead atoms. The fourth-order valence-electron chi connectivity index (χ4n) is 6.73. The standard InChI is InChI=1S/C31H34FN3O6/c1-6-31(39)20-10-24-28-18(12-35(24)29(37)19(20)13-40-30(31)38)27-22(33-25(36)9-15(4)41-14(2)3)8-7-17-16(5)21(32)11-23(34-28)26(17)27/h10-11,14-15,22,39H,6-9,12-13H2,1-5H3,(H,33,36)/t15-,22-,31-/m0/s1. The molecule has 2 N–H and O–H groups in total. The van der Waals surface area contributed by atoms with E-state index in [-0.39, 0.29) is 72.7 Å². The van der Waals surface area contributed by atoms with E-state index in [0.29, 0.717) is 35.3 Å². The van der Waals surface area contributed by atoms with E-state index in [2.05, 4.69) is 5.32 Å². The van der Waals surface area contributed by atoms with Crippen LogP contribution in [0.1, 0.15) is 86.4 Å². The van der Waals surface area contributed by atoms with Gasteiger partial charge in [0.05, 0.1) is 53.7 Å². The summed E-state index contributed by atoms with van der Waals surface area (Å²) in [6, 6.07) is 2.67. The van der Waals surface area contributed by atoms with E-state index in [4.69, 9.17) is 14.5 Å². The maximum atomic E-state index is 15.1. The Morgan fingerprint density at radius 1 is 1.27 bits per heavy atom. The SMILES string of the molecule is CC[C@@]1(O)C(=O)OCc2c1cc1n(c2=O)Cc2c-1nc1cc(F)c(C)c3c1c2[C@@H](NC(=O)C[C@H](C)OC(C)C)CC3. The van der Waals surface area contributed by atoms with Crippen LogP contribution in [0.4, 0.5) is 4.39 Å². The van der Waals surface area contributed by atoms with Gasteiger partial charge in [-0.15, -0.1) is 0 Å². The van der Waals surface area contributed by atoms with Gasteiger partial charge in [0.25, 0.3) is 5.56 Å². The molecule has 10 heteroatoms. The van der Waals surface area contributed by atoms with Crippen LogP contribution in [0.15, 0.2) is 16.9 Å². The van der Waals surface area contributed by atoms with Crippen molar-refractivity contribution in [3.8, 4) is 11.4 Å². The van der Waals surface area contributed by atoms with Gasteiger partial charge in [-0.25, -0.2) is 14.2 Å². The van der Waals surface area contributed by atoms with Gasteiger partial charge in [0, 0.05) is 22.6 Å². The van der Waals surface area contributed by atoms with E-state index < -0.39 is 11.6 Å². The van der Waals surface area contributed by atoms with Gasteiger partial charge in [-0.1, -0.05) is 6.92 Å². The van der Waals surface area contributed by atoms with Crippen LogP contribution < -0.4 is 10.9 Å². The molecule has 2 aliphatic heterocycles. The van der Waals surface area contributed by atoms with Gasteiger partial charge in [0.1, 0.15) is 12.4 Å². The van der Waals surface area contributed by atoms with Crippen molar-refractivity contribution >= 4 is 22.8 Å². The van der Waals surface area contributed by atoms with Crippen molar-refractivity contribution in [2.75, 3.05) is 0 Å². The first kappa shape index (κ1) is 27.5. The zero-order chi connectivity index (χ0) is 29.4. The highest BCUT2D eigenvalue weighted by Crippen LogP contribution is 2.46. The number of carbonyl (C=O) groups excluding carboxylic acids is 2. The number of benzene rings is 1. The molecule has 0 fully saturated rings. The first-order chi connectivity index (χ1) is 19.4. The number of carbonyl (C=O) groups is 2. The molecule has 0 radical (unpaired) electrons. The van der Waals surface area contributed by atoms with Gasteiger partial charge < -0.3 is 24.5 Å². The largest absolute Gasteiger partial charge is 0.458 e. The van der Waals surface area contributed by atoms with Crippen molar-refractivity contribution in [1.82, 2.24) is 14.9 Å². The number of aromatic nitrogens is 2. The van der Waals surface area contributed by atoms with Crippen molar-refractivity contribution in [3.05, 3.63) is 61.7 Å². The Morgan fingerprint density at radius 3 is 2.73 bits per heavy atom. The summed E-state index contributed by atoms with van der Waals surface area (Å²) in [7, 11) is 0. The van der Waals surface area contributed by atoms with Gasteiger partial charge in [-0.2, -0.15) is 0 Å². The average molecular weight is 564 g/mol.